The number of nitrogens with two attached hydrogens (primary N) is 1. The molecule has 0 amide bonds. The van der Waals surface area contributed by atoms with E-state index < -0.39 is 0 Å². The van der Waals surface area contributed by atoms with Crippen molar-refractivity contribution in [1.82, 2.24) is 5.32 Å². The Morgan fingerprint density at radius 2 is 2.05 bits per heavy atom. The Morgan fingerprint density at radius 1 is 1.40 bits per heavy atom. The summed E-state index contributed by atoms with van der Waals surface area (Å²) in [5.74, 6) is 5.38. The van der Waals surface area contributed by atoms with Crippen LogP contribution in [0.3, 0.4) is 0 Å². The second-order valence-corrected chi connectivity index (χ2v) is 3.93. The third-order valence-corrected chi connectivity index (χ3v) is 2.37. The molecule has 0 radical (unpaired) electrons. The maximum Gasteiger partial charge on any atom is 0.205 e. The predicted octanol–water partition coefficient (Wildman–Crippen LogP) is 1.97. The third kappa shape index (κ3) is 9.01. The van der Waals surface area contributed by atoms with E-state index in [4.69, 9.17) is 11.4 Å². The molecule has 0 spiro atoms. The second kappa shape index (κ2) is 12.1. The minimum absolute atomic E-state index is 0.538. The lowest BCUT2D eigenvalue weighted by Gasteiger charge is -2.08. The summed E-state index contributed by atoms with van der Waals surface area (Å²) in [6.07, 6.45) is 1.01. The molecule has 0 saturated carbocycles. The summed E-state index contributed by atoms with van der Waals surface area (Å²) in [7, 11) is 3.65. The van der Waals surface area contributed by atoms with E-state index in [2.05, 4.69) is 20.4 Å². The fourth-order valence-electron chi connectivity index (χ4n) is 1.23. The van der Waals surface area contributed by atoms with E-state index in [1.54, 1.807) is 14.0 Å². The monoisotopic (exact) mass is 280 g/mol. The van der Waals surface area contributed by atoms with Crippen molar-refractivity contribution in [3.63, 3.8) is 0 Å². The average Bonchev–Trinajstić information content (AvgIpc) is 2.52. The minimum Gasteiger partial charge on any atom is -0.397 e. The lowest BCUT2D eigenvalue weighted by atomic mass is 10.3. The molecular weight excluding hydrogens is 256 g/mol. The van der Waals surface area contributed by atoms with Crippen molar-refractivity contribution in [3.05, 3.63) is 30.3 Å². The van der Waals surface area contributed by atoms with E-state index in [1.165, 1.54) is 5.01 Å². The fraction of sp³-hybridized carbons (Fsp3) is 0.462. The Kier molecular flexibility index (Phi) is 10.9. The summed E-state index contributed by atoms with van der Waals surface area (Å²) in [4.78, 5) is 8.37. The predicted molar refractivity (Wildman–Crippen MR) is 81.8 cm³/mol. The Balaban J connectivity index is 0.000000361. The van der Waals surface area contributed by atoms with Crippen LogP contribution in [0.1, 0.15) is 13.3 Å². The molecule has 7 heteroatoms. The summed E-state index contributed by atoms with van der Waals surface area (Å²) in [5, 5.41) is 7.76. The van der Waals surface area contributed by atoms with Crippen LogP contribution >= 0.6 is 0 Å². The van der Waals surface area contributed by atoms with Gasteiger partial charge >= 0.3 is 0 Å². The van der Waals surface area contributed by atoms with E-state index in [1.807, 2.05) is 37.4 Å². The van der Waals surface area contributed by atoms with Crippen LogP contribution in [0.25, 0.3) is 0 Å². The SMILES string of the molecule is CN(N=N)c1ccccc1.CNCCCN=C(C)ON. The van der Waals surface area contributed by atoms with Crippen molar-refractivity contribution in [2.45, 2.75) is 13.3 Å². The quantitative estimate of drug-likeness (QED) is 0.244. The molecule has 0 aromatic heterocycles. The zero-order valence-corrected chi connectivity index (χ0v) is 12.3. The van der Waals surface area contributed by atoms with Gasteiger partial charge in [0.25, 0.3) is 0 Å². The summed E-state index contributed by atoms with van der Waals surface area (Å²) in [6.45, 7) is 3.48. The highest BCUT2D eigenvalue weighted by molar-refractivity contribution is 5.72. The molecule has 0 unspecified atom stereocenters. The van der Waals surface area contributed by atoms with Crippen LogP contribution in [0.5, 0.6) is 0 Å². The number of aliphatic imine (C=N–C) groups is 1. The van der Waals surface area contributed by atoms with Crippen molar-refractivity contribution in [1.29, 1.82) is 5.53 Å². The van der Waals surface area contributed by atoms with Crippen LogP contribution in [0, 0.1) is 5.53 Å². The van der Waals surface area contributed by atoms with Gasteiger partial charge in [-0.2, -0.15) is 11.4 Å². The second-order valence-electron chi connectivity index (χ2n) is 3.93. The van der Waals surface area contributed by atoms with Crippen LogP contribution < -0.4 is 16.2 Å². The first-order valence-corrected chi connectivity index (χ1v) is 6.34. The normalized spacial score (nSPS) is 10.3. The molecule has 112 valence electrons. The van der Waals surface area contributed by atoms with Gasteiger partial charge in [0.2, 0.25) is 5.90 Å². The van der Waals surface area contributed by atoms with Gasteiger partial charge in [0.1, 0.15) is 0 Å². The first-order valence-electron chi connectivity index (χ1n) is 6.34. The van der Waals surface area contributed by atoms with Crippen molar-refractivity contribution in [2.75, 3.05) is 32.2 Å². The van der Waals surface area contributed by atoms with E-state index in [-0.39, 0.29) is 0 Å². The molecule has 0 saturated heterocycles. The molecule has 0 bridgehead atoms. The van der Waals surface area contributed by atoms with Crippen LogP contribution in [-0.2, 0) is 4.84 Å². The molecule has 20 heavy (non-hydrogen) atoms. The highest BCUT2D eigenvalue weighted by Crippen LogP contribution is 2.09. The van der Waals surface area contributed by atoms with Gasteiger partial charge in [0, 0.05) is 20.5 Å². The summed E-state index contributed by atoms with van der Waals surface area (Å²) in [6, 6.07) is 9.56. The van der Waals surface area contributed by atoms with Gasteiger partial charge in [-0.15, -0.1) is 0 Å². The van der Waals surface area contributed by atoms with Crippen LogP contribution in [0.2, 0.25) is 0 Å². The van der Waals surface area contributed by atoms with Crippen molar-refractivity contribution >= 4 is 11.6 Å². The van der Waals surface area contributed by atoms with E-state index in [0.717, 1.165) is 25.2 Å². The van der Waals surface area contributed by atoms with Gasteiger partial charge in [0.05, 0.1) is 5.69 Å². The first-order chi connectivity index (χ1) is 9.65. The Bertz CT molecular complexity index is 382. The third-order valence-electron chi connectivity index (χ3n) is 2.37. The van der Waals surface area contributed by atoms with Crippen molar-refractivity contribution in [2.24, 2.45) is 16.1 Å². The molecule has 1 aromatic carbocycles. The Hall–Kier alpha value is -1.99. The smallest absolute Gasteiger partial charge is 0.205 e. The topological polar surface area (TPSA) is 99.1 Å². The molecule has 1 aromatic rings. The highest BCUT2D eigenvalue weighted by Gasteiger charge is 1.92. The largest absolute Gasteiger partial charge is 0.397 e. The van der Waals surface area contributed by atoms with Gasteiger partial charge in [-0.05, 0) is 32.1 Å². The summed E-state index contributed by atoms with van der Waals surface area (Å²) in [5.41, 5.74) is 7.63. The number of hydrogen-bond donors (Lipinski definition) is 3. The molecule has 0 fully saturated rings. The van der Waals surface area contributed by atoms with Gasteiger partial charge in [-0.3, -0.25) is 10.0 Å². The maximum atomic E-state index is 6.70. The minimum atomic E-state index is 0.538. The number of rotatable bonds is 6. The van der Waals surface area contributed by atoms with Crippen molar-refractivity contribution < 1.29 is 4.84 Å². The standard InChI is InChI=1S/C7H9N3.C6H15N3O/c1-10(9-8)7-5-3-2-4-6-7;1-6(10-7)9-5-3-4-8-2/h2-6,8H,1H3;8H,3-5,7H2,1-2H3. The zero-order chi connectivity index (χ0) is 15.2. The number of anilines is 1. The lowest BCUT2D eigenvalue weighted by molar-refractivity contribution is 0.316. The number of hydrogen-bond acceptors (Lipinski definition) is 6. The lowest BCUT2D eigenvalue weighted by Crippen LogP contribution is -2.10. The molecule has 0 aliphatic rings. The Morgan fingerprint density at radius 3 is 2.55 bits per heavy atom. The van der Waals surface area contributed by atoms with E-state index in [0.29, 0.717) is 5.90 Å². The maximum absolute atomic E-state index is 6.70. The van der Waals surface area contributed by atoms with Gasteiger partial charge < -0.3 is 10.2 Å². The molecule has 0 aliphatic heterocycles. The number of nitrogens with zero attached hydrogens (tertiary/aromatic N) is 3. The van der Waals surface area contributed by atoms with E-state index in [9.17, 15) is 0 Å². The van der Waals surface area contributed by atoms with Crippen LogP contribution in [-0.4, -0.2) is 33.1 Å². The first kappa shape index (κ1) is 18.0. The summed E-state index contributed by atoms with van der Waals surface area (Å²) < 4.78 is 0. The molecule has 7 nitrogen and oxygen atoms in total. The molecule has 0 aliphatic carbocycles. The number of nitrogens with one attached hydrogen (secondary N) is 2. The van der Waals surface area contributed by atoms with Gasteiger partial charge in [-0.25, -0.2) is 0 Å². The molecule has 0 atom stereocenters. The van der Waals surface area contributed by atoms with Gasteiger partial charge in [0.15, 0.2) is 0 Å². The van der Waals surface area contributed by atoms with Gasteiger partial charge in [-0.1, -0.05) is 23.4 Å². The zero-order valence-electron chi connectivity index (χ0n) is 12.3. The fourth-order valence-corrected chi connectivity index (χ4v) is 1.23. The number of benzene rings is 1. The number of para-hydroxylation sites is 1. The summed E-state index contributed by atoms with van der Waals surface area (Å²) >= 11 is 0. The highest BCUT2D eigenvalue weighted by atomic mass is 16.6. The molecule has 4 N–H and O–H groups in total. The van der Waals surface area contributed by atoms with Crippen LogP contribution in [0.4, 0.5) is 5.69 Å². The Labute approximate surface area is 120 Å². The van der Waals surface area contributed by atoms with E-state index >= 15 is 0 Å². The van der Waals surface area contributed by atoms with Crippen LogP contribution in [0.15, 0.2) is 40.5 Å². The molecule has 1 rings (SSSR count). The molecular formula is C13H24N6O. The molecule has 0 heterocycles. The average molecular weight is 280 g/mol. The van der Waals surface area contributed by atoms with Crippen molar-refractivity contribution in [3.8, 4) is 0 Å².